The maximum atomic E-state index is 11.6. The van der Waals surface area contributed by atoms with Crippen molar-refractivity contribution in [3.63, 3.8) is 0 Å². The van der Waals surface area contributed by atoms with E-state index in [0.717, 1.165) is 19.3 Å². The second kappa shape index (κ2) is 8.71. The van der Waals surface area contributed by atoms with Crippen LogP contribution in [-0.2, 0) is 4.79 Å². The van der Waals surface area contributed by atoms with Crippen molar-refractivity contribution in [1.82, 2.24) is 0 Å². The Morgan fingerprint density at radius 1 is 1.18 bits per heavy atom. The smallest absolute Gasteiger partial charge is 0.303 e. The average molecular weight is 464 g/mol. The topological polar surface area (TPSA) is 147 Å². The molecule has 0 aromatic rings. The maximum Gasteiger partial charge on any atom is 0.303 e. The number of carboxylic acid groups (broad SMARTS) is 1. The molecule has 4 aliphatic rings. The summed E-state index contributed by atoms with van der Waals surface area (Å²) >= 11 is 0. The predicted molar refractivity (Wildman–Crippen MR) is 123 cm³/mol. The molecule has 0 aliphatic heterocycles. The largest absolute Gasteiger partial charge is 0.481 e. The Morgan fingerprint density at radius 3 is 2.58 bits per heavy atom. The van der Waals surface area contributed by atoms with Crippen LogP contribution in [0.2, 0.25) is 0 Å². The van der Waals surface area contributed by atoms with Crippen molar-refractivity contribution >= 4 is 5.97 Å². The van der Waals surface area contributed by atoms with Crippen molar-refractivity contribution < 1.29 is 25.2 Å². The van der Waals surface area contributed by atoms with Crippen LogP contribution in [0.3, 0.4) is 0 Å². The molecule has 4 saturated carbocycles. The lowest BCUT2D eigenvalue weighted by Gasteiger charge is -2.64. The third-order valence-electron chi connectivity index (χ3n) is 10.9. The molecule has 186 valence electrons. The first-order valence-corrected chi connectivity index (χ1v) is 12.8. The van der Waals surface area contributed by atoms with E-state index >= 15 is 0 Å². The molecule has 33 heavy (non-hydrogen) atoms. The number of carboxylic acids is 1. The normalized spacial score (nSPS) is 49.8. The number of nitrogens with zero attached hydrogens (tertiary/aromatic N) is 3. The number of aliphatic hydroxyl groups is 3. The molecule has 0 amide bonds. The first-order valence-electron chi connectivity index (χ1n) is 12.8. The van der Waals surface area contributed by atoms with Crippen molar-refractivity contribution in [3.05, 3.63) is 10.4 Å². The van der Waals surface area contributed by atoms with Gasteiger partial charge < -0.3 is 20.4 Å². The first kappa shape index (κ1) is 24.8. The molecule has 8 heteroatoms. The van der Waals surface area contributed by atoms with Gasteiger partial charge in [-0.05, 0) is 103 Å². The summed E-state index contributed by atoms with van der Waals surface area (Å²) < 4.78 is 0. The van der Waals surface area contributed by atoms with Crippen LogP contribution < -0.4 is 0 Å². The fraction of sp³-hybridized carbons (Fsp3) is 0.960. The molecule has 4 fully saturated rings. The molecule has 4 rings (SSSR count). The molecular weight excluding hydrogens is 422 g/mol. The van der Waals surface area contributed by atoms with Gasteiger partial charge in [0.1, 0.15) is 0 Å². The minimum atomic E-state index is -1.01. The van der Waals surface area contributed by atoms with Gasteiger partial charge in [0, 0.05) is 11.3 Å². The van der Waals surface area contributed by atoms with Crippen LogP contribution in [0, 0.1) is 46.3 Å². The lowest BCUT2D eigenvalue weighted by atomic mass is 9.42. The van der Waals surface area contributed by atoms with E-state index in [0.29, 0.717) is 32.1 Å². The van der Waals surface area contributed by atoms with Gasteiger partial charge in [0.15, 0.2) is 0 Å². The zero-order valence-corrected chi connectivity index (χ0v) is 20.2. The van der Waals surface area contributed by atoms with Crippen LogP contribution in [0.5, 0.6) is 0 Å². The highest BCUT2D eigenvalue weighted by Gasteiger charge is 2.66. The molecule has 4 aliphatic carbocycles. The third-order valence-corrected chi connectivity index (χ3v) is 10.9. The molecule has 0 aromatic heterocycles. The number of azide groups is 1. The van der Waals surface area contributed by atoms with Crippen molar-refractivity contribution in [1.29, 1.82) is 0 Å². The number of aliphatic carboxylic acids is 1. The Balaban J connectivity index is 1.58. The highest BCUT2D eigenvalue weighted by Crippen LogP contribution is 2.68. The van der Waals surface area contributed by atoms with Crippen LogP contribution in [0.4, 0.5) is 0 Å². The maximum absolute atomic E-state index is 11.6. The van der Waals surface area contributed by atoms with Crippen LogP contribution in [0.1, 0.15) is 78.6 Å². The second-order valence-electron chi connectivity index (χ2n) is 12.3. The summed E-state index contributed by atoms with van der Waals surface area (Å²) in [4.78, 5) is 14.0. The van der Waals surface area contributed by atoms with Crippen molar-refractivity contribution in [3.8, 4) is 0 Å². The van der Waals surface area contributed by atoms with Gasteiger partial charge in [-0.15, -0.1) is 0 Å². The summed E-state index contributed by atoms with van der Waals surface area (Å²) in [5.74, 6) is 0.374. The Bertz CT molecular complexity index is 818. The van der Waals surface area contributed by atoms with Crippen LogP contribution in [-0.4, -0.2) is 50.7 Å². The molecule has 11 atom stereocenters. The Kier molecular flexibility index (Phi) is 6.54. The van der Waals surface area contributed by atoms with Gasteiger partial charge in [-0.1, -0.05) is 25.9 Å². The van der Waals surface area contributed by atoms with Gasteiger partial charge in [0.25, 0.3) is 0 Å². The van der Waals surface area contributed by atoms with E-state index < -0.39 is 23.8 Å². The van der Waals surface area contributed by atoms with Crippen LogP contribution in [0.15, 0.2) is 5.11 Å². The van der Waals surface area contributed by atoms with Crippen molar-refractivity contribution in [2.45, 2.75) is 96.4 Å². The highest BCUT2D eigenvalue weighted by atomic mass is 16.4. The SMILES string of the molecule is C[C@H](CCC(=O)O)[C@H]1CC[C@H]2[C@@H]3[C@H](O)C[C@@H]4C[C@@](O)(CN=[N+]=[N-])CC[C@]4(C)[C@H]3C[C@H](O)[C@]12C. The quantitative estimate of drug-likeness (QED) is 0.266. The predicted octanol–water partition coefficient (Wildman–Crippen LogP) is 4.13. The fourth-order valence-electron chi connectivity index (χ4n) is 9.08. The molecule has 4 N–H and O–H groups in total. The number of hydrogen-bond acceptors (Lipinski definition) is 5. The van der Waals surface area contributed by atoms with Gasteiger partial charge in [-0.3, -0.25) is 4.79 Å². The van der Waals surface area contributed by atoms with Crippen molar-refractivity contribution in [2.24, 2.45) is 51.5 Å². The molecule has 0 bridgehead atoms. The summed E-state index contributed by atoms with van der Waals surface area (Å²) in [7, 11) is 0. The van der Waals surface area contributed by atoms with E-state index in [1.807, 2.05) is 0 Å². The summed E-state index contributed by atoms with van der Waals surface area (Å²) in [5, 5.41) is 46.8. The number of rotatable bonds is 6. The van der Waals surface area contributed by atoms with E-state index in [-0.39, 0.29) is 59.3 Å². The molecular formula is C25H41N3O5. The average Bonchev–Trinajstić information content (AvgIpc) is 3.11. The van der Waals surface area contributed by atoms with Crippen LogP contribution >= 0.6 is 0 Å². The highest BCUT2D eigenvalue weighted by molar-refractivity contribution is 5.66. The monoisotopic (exact) mass is 463 g/mol. The summed E-state index contributed by atoms with van der Waals surface area (Å²) in [6, 6.07) is 0. The third kappa shape index (κ3) is 3.97. The lowest BCUT2D eigenvalue weighted by Crippen LogP contribution is -2.63. The van der Waals surface area contributed by atoms with Gasteiger partial charge in [0.05, 0.1) is 24.4 Å². The van der Waals surface area contributed by atoms with E-state index in [4.69, 9.17) is 10.6 Å². The van der Waals surface area contributed by atoms with E-state index in [2.05, 4.69) is 30.8 Å². The van der Waals surface area contributed by atoms with Gasteiger partial charge in [0.2, 0.25) is 0 Å². The molecule has 8 nitrogen and oxygen atoms in total. The van der Waals surface area contributed by atoms with E-state index in [1.54, 1.807) is 0 Å². The minimum absolute atomic E-state index is 0.0677. The van der Waals surface area contributed by atoms with E-state index in [1.165, 1.54) is 0 Å². The number of fused-ring (bicyclic) bond motifs is 5. The Morgan fingerprint density at radius 2 is 1.91 bits per heavy atom. The molecule has 0 heterocycles. The molecule has 0 spiro atoms. The van der Waals surface area contributed by atoms with E-state index in [9.17, 15) is 20.1 Å². The first-order chi connectivity index (χ1) is 15.5. The number of aliphatic hydroxyl groups excluding tert-OH is 2. The zero-order valence-electron chi connectivity index (χ0n) is 20.2. The fourth-order valence-corrected chi connectivity index (χ4v) is 9.08. The summed E-state index contributed by atoms with van der Waals surface area (Å²) in [6.45, 7) is 6.67. The number of hydrogen-bond donors (Lipinski definition) is 4. The van der Waals surface area contributed by atoms with Gasteiger partial charge >= 0.3 is 5.97 Å². The summed E-state index contributed by atoms with van der Waals surface area (Å²) in [5.41, 5.74) is 7.32. The Hall–Kier alpha value is -1.34. The minimum Gasteiger partial charge on any atom is -0.481 e. The zero-order chi connectivity index (χ0) is 24.2. The molecule has 0 unspecified atom stereocenters. The molecule has 0 saturated heterocycles. The van der Waals surface area contributed by atoms with Gasteiger partial charge in [-0.2, -0.15) is 0 Å². The Labute approximate surface area is 196 Å². The standard InChI is InChI=1S/C25H41N3O5/c1-14(4-7-21(31)32)16-5-6-17-22-18(11-20(30)24(16,17)3)23(2)8-9-25(33,13-27-28-26)12-15(23)10-19(22)29/h14-20,22,29-30,33H,4-13H2,1-3H3,(H,31,32)/t14-,15-,16-,17+,18+,19-,20+,22+,23+,24-,25-/m1/s1. The molecule has 0 radical (unpaired) electrons. The molecule has 0 aromatic carbocycles. The summed E-state index contributed by atoms with van der Waals surface area (Å²) in [6.07, 6.45) is 4.96. The van der Waals surface area contributed by atoms with Crippen LogP contribution in [0.25, 0.3) is 10.4 Å². The lowest BCUT2D eigenvalue weighted by molar-refractivity contribution is -0.214. The van der Waals surface area contributed by atoms with Crippen molar-refractivity contribution in [2.75, 3.05) is 6.54 Å². The number of carbonyl (C=O) groups is 1. The second-order valence-corrected chi connectivity index (χ2v) is 12.3. The van der Waals surface area contributed by atoms with Gasteiger partial charge in [-0.25, -0.2) is 0 Å².